The van der Waals surface area contributed by atoms with E-state index in [0.29, 0.717) is 42.9 Å². The molecule has 0 aromatic heterocycles. The van der Waals surface area contributed by atoms with Gasteiger partial charge in [0.05, 0.1) is 12.3 Å². The van der Waals surface area contributed by atoms with Crippen molar-refractivity contribution >= 4 is 33.2 Å². The highest BCUT2D eigenvalue weighted by Crippen LogP contribution is 2.62. The van der Waals surface area contributed by atoms with E-state index >= 15 is 0 Å². The fraction of sp³-hybridized carbons (Fsp3) is 0.355. The van der Waals surface area contributed by atoms with Gasteiger partial charge in [-0.05, 0) is 99.8 Å². The predicted molar refractivity (Wildman–Crippen MR) is 152 cm³/mol. The number of aryl methyl sites for hydroxylation is 1. The molecule has 1 aliphatic carbocycles. The number of fused-ring (bicyclic) bond motifs is 2. The summed E-state index contributed by atoms with van der Waals surface area (Å²) < 4.78 is 42.3. The number of hydrogen-bond acceptors (Lipinski definition) is 5. The van der Waals surface area contributed by atoms with Gasteiger partial charge >= 0.3 is 15.9 Å². The van der Waals surface area contributed by atoms with Crippen LogP contribution in [0.5, 0.6) is 0 Å². The Morgan fingerprint density at radius 3 is 2.33 bits per heavy atom. The first-order valence-corrected chi connectivity index (χ1v) is 15.2. The van der Waals surface area contributed by atoms with Crippen LogP contribution < -0.4 is 14.5 Å². The van der Waals surface area contributed by atoms with Gasteiger partial charge in [-0.25, -0.2) is 9.18 Å². The Morgan fingerprint density at radius 2 is 1.70 bits per heavy atom. The summed E-state index contributed by atoms with van der Waals surface area (Å²) in [6, 6.07) is 16.8. The van der Waals surface area contributed by atoms with E-state index in [-0.39, 0.29) is 16.7 Å². The Kier molecular flexibility index (Phi) is 6.44. The number of anilines is 1. The van der Waals surface area contributed by atoms with Gasteiger partial charge < -0.3 is 10.6 Å². The number of halogens is 1. The zero-order chi connectivity index (χ0) is 28.3. The Hall–Kier alpha value is -3.40. The maximum atomic E-state index is 14.7. The van der Waals surface area contributed by atoms with Crippen molar-refractivity contribution in [3.8, 4) is 0 Å². The smallest absolute Gasteiger partial charge is 0.322 e. The maximum absolute atomic E-state index is 14.7. The van der Waals surface area contributed by atoms with Gasteiger partial charge in [0.1, 0.15) is 16.8 Å². The van der Waals surface area contributed by atoms with Crippen LogP contribution in [0.4, 0.5) is 15.8 Å². The highest BCUT2D eigenvalue weighted by Gasteiger charge is 2.73. The van der Waals surface area contributed by atoms with Gasteiger partial charge in [0.25, 0.3) is 5.91 Å². The molecule has 2 aliphatic heterocycles. The number of rotatable bonds is 5. The quantitative estimate of drug-likeness (QED) is 0.425. The van der Waals surface area contributed by atoms with Crippen molar-refractivity contribution in [2.45, 2.75) is 55.9 Å². The van der Waals surface area contributed by atoms with Crippen LogP contribution in [0.3, 0.4) is 0 Å². The van der Waals surface area contributed by atoms with E-state index in [1.807, 2.05) is 37.3 Å². The second-order valence-corrected chi connectivity index (χ2v) is 13.3. The summed E-state index contributed by atoms with van der Waals surface area (Å²) >= 11 is 0. The summed E-state index contributed by atoms with van der Waals surface area (Å²) in [4.78, 5) is 27.2. The third kappa shape index (κ3) is 3.94. The molecule has 2 heterocycles. The largest absolute Gasteiger partial charge is 0.339 e. The molecule has 2 amide bonds. The number of nitrogens with one attached hydrogen (secondary N) is 2. The Morgan fingerprint density at radius 1 is 1.00 bits per heavy atom. The van der Waals surface area contributed by atoms with E-state index in [1.165, 1.54) is 19.1 Å². The summed E-state index contributed by atoms with van der Waals surface area (Å²) in [7, 11) is -4.35. The van der Waals surface area contributed by atoms with Crippen LogP contribution in [0.15, 0.2) is 71.6 Å². The van der Waals surface area contributed by atoms with Crippen molar-refractivity contribution in [1.29, 1.82) is 0 Å². The van der Waals surface area contributed by atoms with Crippen molar-refractivity contribution in [2.24, 2.45) is 5.92 Å². The van der Waals surface area contributed by atoms with Crippen LogP contribution >= 0.6 is 0 Å². The first-order chi connectivity index (χ1) is 19.1. The number of hydrogen-bond donors (Lipinski definition) is 2. The Labute approximate surface area is 234 Å². The predicted octanol–water partition coefficient (Wildman–Crippen LogP) is 5.04. The summed E-state index contributed by atoms with van der Waals surface area (Å²) in [5.74, 6) is -1.30. The summed E-state index contributed by atoms with van der Waals surface area (Å²) in [6.07, 6.45) is 2.97. The van der Waals surface area contributed by atoms with Crippen molar-refractivity contribution in [3.63, 3.8) is 0 Å². The van der Waals surface area contributed by atoms with Gasteiger partial charge in [0.15, 0.2) is 5.69 Å². The molecule has 3 aromatic carbocycles. The summed E-state index contributed by atoms with van der Waals surface area (Å²) in [6.45, 7) is 4.65. The lowest BCUT2D eigenvalue weighted by Crippen LogP contribution is -2.67. The topological polar surface area (TPSA) is 92.3 Å². The number of quaternary nitrogens is 1. The Balaban J connectivity index is 1.57. The van der Waals surface area contributed by atoms with Crippen molar-refractivity contribution in [2.75, 3.05) is 18.4 Å². The molecule has 2 N–H and O–H groups in total. The number of benzene rings is 3. The lowest BCUT2D eigenvalue weighted by atomic mass is 9.68. The number of carbonyl (C=O) groups is 2. The molecule has 1 saturated carbocycles. The van der Waals surface area contributed by atoms with Gasteiger partial charge in [-0.3, -0.25) is 4.79 Å². The molecule has 1 spiro atoms. The van der Waals surface area contributed by atoms with E-state index < -0.39 is 37.1 Å². The second-order valence-electron chi connectivity index (χ2n) is 11.3. The molecule has 0 bridgehead atoms. The van der Waals surface area contributed by atoms with E-state index in [9.17, 15) is 22.4 Å². The molecule has 9 heteroatoms. The molecular formula is C31H33FN3O4S+. The minimum Gasteiger partial charge on any atom is -0.322 e. The monoisotopic (exact) mass is 562 g/mol. The summed E-state index contributed by atoms with van der Waals surface area (Å²) in [5.41, 5.74) is 2.65. The van der Waals surface area contributed by atoms with Gasteiger partial charge in [-0.15, -0.1) is 3.89 Å². The molecule has 2 unspecified atom stereocenters. The maximum Gasteiger partial charge on any atom is 0.339 e. The third-order valence-corrected chi connectivity index (χ3v) is 11.2. The number of piperidine rings is 1. The normalized spacial score (nSPS) is 23.5. The molecule has 3 aromatic rings. The van der Waals surface area contributed by atoms with Gasteiger partial charge in [0.2, 0.25) is 0 Å². The first-order valence-electron chi connectivity index (χ1n) is 13.8. The molecule has 1 saturated heterocycles. The number of sulfonamides is 1. The van der Waals surface area contributed by atoms with Crippen molar-refractivity contribution < 1.29 is 22.4 Å². The van der Waals surface area contributed by atoms with Crippen LogP contribution in [0, 0.1) is 18.7 Å². The molecular weight excluding hydrogens is 529 g/mol. The third-order valence-electron chi connectivity index (χ3n) is 8.91. The van der Waals surface area contributed by atoms with Crippen LogP contribution in [0.25, 0.3) is 0 Å². The highest BCUT2D eigenvalue weighted by molar-refractivity contribution is 7.91. The zero-order valence-corrected chi connectivity index (χ0v) is 23.4. The minimum atomic E-state index is -4.35. The fourth-order valence-corrected chi connectivity index (χ4v) is 9.38. The van der Waals surface area contributed by atoms with Crippen LogP contribution in [-0.2, 0) is 20.2 Å². The second kappa shape index (κ2) is 9.61. The highest BCUT2D eigenvalue weighted by atomic mass is 32.2. The zero-order valence-electron chi connectivity index (χ0n) is 22.6. The Bertz CT molecular complexity index is 1610. The fourth-order valence-electron chi connectivity index (χ4n) is 7.13. The first kappa shape index (κ1) is 26.8. The van der Waals surface area contributed by atoms with Crippen LogP contribution in [-0.4, -0.2) is 39.4 Å². The van der Waals surface area contributed by atoms with Crippen molar-refractivity contribution in [1.82, 2.24) is 9.21 Å². The number of amides is 2. The number of carbonyl (C=O) groups excluding carboxylic acids is 2. The van der Waals surface area contributed by atoms with Crippen molar-refractivity contribution in [3.05, 3.63) is 89.2 Å². The van der Waals surface area contributed by atoms with E-state index in [1.54, 1.807) is 12.1 Å². The van der Waals surface area contributed by atoms with Gasteiger partial charge in [-0.1, -0.05) is 12.1 Å². The average molecular weight is 563 g/mol. The molecule has 2 fully saturated rings. The number of nitrogens with zero attached hydrogens (tertiary/aromatic N) is 1. The minimum absolute atomic E-state index is 0.0363. The SMILES string of the molecule is CC(=O)[N+]1(S(=O)(=O)c2ccc(F)cc2)c2ccc(C(=O)Nc3cccc(C)c3)cc2C2(CCNCC2)C1C1CC1. The molecule has 3 aliphatic rings. The molecule has 6 rings (SSSR count). The van der Waals surface area contributed by atoms with E-state index in [4.69, 9.17) is 0 Å². The van der Waals surface area contributed by atoms with Crippen LogP contribution in [0.1, 0.15) is 54.1 Å². The van der Waals surface area contributed by atoms with Gasteiger partial charge in [-0.2, -0.15) is 8.42 Å². The lowest BCUT2D eigenvalue weighted by molar-refractivity contribution is -0.126. The molecule has 40 heavy (non-hydrogen) atoms. The molecule has 0 radical (unpaired) electrons. The lowest BCUT2D eigenvalue weighted by Gasteiger charge is -2.43. The molecule has 2 atom stereocenters. The van der Waals surface area contributed by atoms with E-state index in [0.717, 1.165) is 36.1 Å². The van der Waals surface area contributed by atoms with Gasteiger partial charge in [0, 0.05) is 28.8 Å². The molecule has 208 valence electrons. The average Bonchev–Trinajstić information content (AvgIpc) is 3.73. The standard InChI is InChI=1S/C31H32FN3O4S/c1-20-4-3-5-25(18-20)34-30(37)23-8-13-28-27(19-23)31(14-16-33-17-15-31)29(22-6-7-22)35(28,21(2)36)40(38,39)26-11-9-24(32)10-12-26/h3-5,8-13,18-19,22,29,33H,6-7,14-17H2,1-2H3/p+1. The summed E-state index contributed by atoms with van der Waals surface area (Å²) in [5, 5.41) is 6.35. The van der Waals surface area contributed by atoms with E-state index in [2.05, 4.69) is 10.6 Å². The van der Waals surface area contributed by atoms with Crippen LogP contribution in [0.2, 0.25) is 0 Å². The molecule has 7 nitrogen and oxygen atoms in total.